The molecule has 0 radical (unpaired) electrons. The summed E-state index contributed by atoms with van der Waals surface area (Å²) in [5, 5.41) is 3.15. The van der Waals surface area contributed by atoms with Crippen LogP contribution in [-0.4, -0.2) is 33.7 Å². The fraction of sp³-hybridized carbons (Fsp3) is 0.333. The molecule has 0 spiro atoms. The second-order valence-electron chi connectivity index (χ2n) is 7.84. The van der Waals surface area contributed by atoms with Gasteiger partial charge in [0.25, 0.3) is 0 Å². The number of alkyl halides is 1. The largest absolute Gasteiger partial charge is 0.444 e. The van der Waals surface area contributed by atoms with Crippen molar-refractivity contribution in [2.45, 2.75) is 44.2 Å². The van der Waals surface area contributed by atoms with E-state index < -0.39 is 6.04 Å². The zero-order valence-corrected chi connectivity index (χ0v) is 18.4. The number of carbonyl (C=O) groups is 2. The Kier molecular flexibility index (Phi) is 7.17. The average Bonchev–Trinajstić information content (AvgIpc) is 3.38. The van der Waals surface area contributed by atoms with Gasteiger partial charge < -0.3 is 9.73 Å². The van der Waals surface area contributed by atoms with Gasteiger partial charge in [-0.05, 0) is 43.2 Å². The highest BCUT2D eigenvalue weighted by Crippen LogP contribution is 2.31. The van der Waals surface area contributed by atoms with Crippen LogP contribution in [0.3, 0.4) is 0 Å². The molecule has 3 aromatic rings. The zero-order valence-electron chi connectivity index (χ0n) is 17.6. The third kappa shape index (κ3) is 4.99. The van der Waals surface area contributed by atoms with E-state index >= 15 is 0 Å². The predicted octanol–water partition coefficient (Wildman–Crippen LogP) is 4.50. The van der Waals surface area contributed by atoms with Crippen molar-refractivity contribution in [3.05, 3.63) is 66.9 Å². The van der Waals surface area contributed by atoms with E-state index in [1.807, 2.05) is 12.1 Å². The van der Waals surface area contributed by atoms with Crippen molar-refractivity contribution < 1.29 is 14.0 Å². The Bertz CT molecular complexity index is 1020. The Labute approximate surface area is 191 Å². The number of pyridine rings is 1. The first-order valence-corrected chi connectivity index (χ1v) is 11.3. The monoisotopic (exact) mass is 452 g/mol. The van der Waals surface area contributed by atoms with Gasteiger partial charge in [-0.25, -0.2) is 4.98 Å². The number of benzene rings is 1. The lowest BCUT2D eigenvalue weighted by Crippen LogP contribution is -2.47. The fourth-order valence-corrected chi connectivity index (χ4v) is 4.26. The number of anilines is 1. The molecule has 166 valence electrons. The molecule has 1 saturated carbocycles. The first kappa shape index (κ1) is 22.0. The topological polar surface area (TPSA) is 88.3 Å². The Morgan fingerprint density at radius 1 is 1.09 bits per heavy atom. The molecule has 0 bridgehead atoms. The van der Waals surface area contributed by atoms with Gasteiger partial charge in [0.1, 0.15) is 11.9 Å². The Hall–Kier alpha value is -3.19. The van der Waals surface area contributed by atoms with Gasteiger partial charge in [-0.15, -0.1) is 11.6 Å². The number of nitrogens with zero attached hydrogens (tertiary/aromatic N) is 3. The maximum absolute atomic E-state index is 13.5. The number of halogens is 1. The van der Waals surface area contributed by atoms with Crippen LogP contribution in [0.1, 0.15) is 43.7 Å². The molecule has 2 heterocycles. The summed E-state index contributed by atoms with van der Waals surface area (Å²) in [6.45, 7) is 0. The van der Waals surface area contributed by atoms with Crippen molar-refractivity contribution in [1.29, 1.82) is 0 Å². The number of aromatic nitrogens is 2. The molecule has 0 saturated heterocycles. The van der Waals surface area contributed by atoms with Crippen molar-refractivity contribution >= 4 is 29.1 Å². The highest BCUT2D eigenvalue weighted by molar-refractivity contribution is 6.29. The molecule has 32 heavy (non-hydrogen) atoms. The summed E-state index contributed by atoms with van der Waals surface area (Å²) in [5.41, 5.74) is 2.00. The predicted molar refractivity (Wildman–Crippen MR) is 122 cm³/mol. The van der Waals surface area contributed by atoms with E-state index in [0.717, 1.165) is 31.2 Å². The molecule has 1 aromatic carbocycles. The number of oxazole rings is 1. The quantitative estimate of drug-likeness (QED) is 0.533. The van der Waals surface area contributed by atoms with Crippen LogP contribution in [0.25, 0.3) is 11.3 Å². The molecular formula is C24H25ClN4O3. The van der Waals surface area contributed by atoms with Gasteiger partial charge in [-0.2, -0.15) is 0 Å². The minimum absolute atomic E-state index is 0.109. The molecule has 1 fully saturated rings. The summed E-state index contributed by atoms with van der Waals surface area (Å²) in [6.07, 6.45) is 11.5. The van der Waals surface area contributed by atoms with Crippen LogP contribution in [0.2, 0.25) is 0 Å². The van der Waals surface area contributed by atoms with Crippen LogP contribution in [-0.2, 0) is 9.59 Å². The Morgan fingerprint density at radius 3 is 2.50 bits per heavy atom. The van der Waals surface area contributed by atoms with Crippen molar-refractivity contribution in [3.8, 4) is 11.3 Å². The number of carbonyl (C=O) groups excluding carboxylic acids is 2. The van der Waals surface area contributed by atoms with Crippen molar-refractivity contribution in [2.24, 2.45) is 0 Å². The maximum atomic E-state index is 13.5. The van der Waals surface area contributed by atoms with E-state index in [-0.39, 0.29) is 23.7 Å². The summed E-state index contributed by atoms with van der Waals surface area (Å²) in [6, 6.07) is 9.99. The molecular weight excluding hydrogens is 428 g/mol. The fourth-order valence-electron chi connectivity index (χ4n) is 4.13. The van der Waals surface area contributed by atoms with E-state index in [2.05, 4.69) is 15.3 Å². The van der Waals surface area contributed by atoms with Gasteiger partial charge in [-0.3, -0.25) is 19.5 Å². The standard InChI is InChI=1S/C24H25ClN4O3/c25-13-22(30)29(20-10-8-17(9-11-20)21-15-27-16-32-21)23(18-5-4-12-26-14-18)24(31)28-19-6-2-1-3-7-19/h4-5,8-12,14-16,19,23H,1-3,6-7,13H2,(H,28,31). The molecule has 2 amide bonds. The molecule has 8 heteroatoms. The second kappa shape index (κ2) is 10.4. The Morgan fingerprint density at radius 2 is 1.88 bits per heavy atom. The number of amides is 2. The van der Waals surface area contributed by atoms with Crippen LogP contribution in [0.4, 0.5) is 5.69 Å². The zero-order chi connectivity index (χ0) is 22.3. The van der Waals surface area contributed by atoms with Crippen molar-refractivity contribution in [2.75, 3.05) is 10.8 Å². The van der Waals surface area contributed by atoms with Gasteiger partial charge in [-0.1, -0.05) is 25.3 Å². The van der Waals surface area contributed by atoms with Crippen molar-refractivity contribution in [3.63, 3.8) is 0 Å². The maximum Gasteiger partial charge on any atom is 0.248 e. The summed E-state index contributed by atoms with van der Waals surface area (Å²) >= 11 is 5.98. The minimum Gasteiger partial charge on any atom is -0.444 e. The molecule has 4 rings (SSSR count). The normalized spacial score (nSPS) is 15.2. The summed E-state index contributed by atoms with van der Waals surface area (Å²) in [4.78, 5) is 36.1. The molecule has 1 N–H and O–H groups in total. The summed E-state index contributed by atoms with van der Waals surface area (Å²) < 4.78 is 5.34. The van der Waals surface area contributed by atoms with E-state index in [9.17, 15) is 9.59 Å². The van der Waals surface area contributed by atoms with Gasteiger partial charge in [0.2, 0.25) is 11.8 Å². The highest BCUT2D eigenvalue weighted by atomic mass is 35.5. The summed E-state index contributed by atoms with van der Waals surface area (Å²) in [5.74, 6) is -0.239. The molecule has 1 aliphatic rings. The number of nitrogens with one attached hydrogen (secondary N) is 1. The Balaban J connectivity index is 1.69. The van der Waals surface area contributed by atoms with Crippen LogP contribution in [0.5, 0.6) is 0 Å². The second-order valence-corrected chi connectivity index (χ2v) is 8.11. The number of rotatable bonds is 7. The van der Waals surface area contributed by atoms with E-state index in [0.29, 0.717) is 17.0 Å². The van der Waals surface area contributed by atoms with E-state index in [1.54, 1.807) is 42.9 Å². The first-order chi connectivity index (χ1) is 15.7. The minimum atomic E-state index is -0.881. The van der Waals surface area contributed by atoms with Gasteiger partial charge >= 0.3 is 0 Å². The van der Waals surface area contributed by atoms with Crippen LogP contribution < -0.4 is 10.2 Å². The smallest absolute Gasteiger partial charge is 0.248 e. The van der Waals surface area contributed by atoms with Gasteiger partial charge in [0.15, 0.2) is 12.2 Å². The molecule has 7 nitrogen and oxygen atoms in total. The number of hydrogen-bond acceptors (Lipinski definition) is 5. The lowest BCUT2D eigenvalue weighted by atomic mass is 9.94. The van der Waals surface area contributed by atoms with Crippen molar-refractivity contribution in [1.82, 2.24) is 15.3 Å². The molecule has 1 unspecified atom stereocenters. The van der Waals surface area contributed by atoms with Gasteiger partial charge in [0, 0.05) is 35.2 Å². The van der Waals surface area contributed by atoms with E-state index in [1.165, 1.54) is 17.7 Å². The van der Waals surface area contributed by atoms with Crippen LogP contribution in [0, 0.1) is 0 Å². The van der Waals surface area contributed by atoms with Gasteiger partial charge in [0.05, 0.1) is 6.20 Å². The third-order valence-corrected chi connectivity index (χ3v) is 5.93. The highest BCUT2D eigenvalue weighted by Gasteiger charge is 2.34. The average molecular weight is 453 g/mol. The van der Waals surface area contributed by atoms with Crippen LogP contribution in [0.15, 0.2) is 65.8 Å². The van der Waals surface area contributed by atoms with Crippen LogP contribution >= 0.6 is 11.6 Å². The summed E-state index contributed by atoms with van der Waals surface area (Å²) in [7, 11) is 0. The lowest BCUT2D eigenvalue weighted by molar-refractivity contribution is -0.126. The lowest BCUT2D eigenvalue weighted by Gasteiger charge is -2.33. The molecule has 1 atom stereocenters. The first-order valence-electron chi connectivity index (χ1n) is 10.7. The molecule has 2 aromatic heterocycles. The third-order valence-electron chi connectivity index (χ3n) is 5.70. The molecule has 1 aliphatic carbocycles. The van der Waals surface area contributed by atoms with E-state index in [4.69, 9.17) is 16.0 Å². The SMILES string of the molecule is O=C(NC1CCCCC1)C(c1cccnc1)N(C(=O)CCl)c1ccc(-c2cnco2)cc1. The number of hydrogen-bond donors (Lipinski definition) is 1. The molecule has 0 aliphatic heterocycles.